The molecule has 0 saturated carbocycles. The Morgan fingerprint density at radius 3 is 1.74 bits per heavy atom. The zero-order valence-corrected chi connectivity index (χ0v) is 15.5. The highest BCUT2D eigenvalue weighted by molar-refractivity contribution is 8.06. The average Bonchev–Trinajstić information content (AvgIpc) is 2.96. The first-order valence-electron chi connectivity index (χ1n) is 8.11. The molecule has 0 nitrogen and oxygen atoms in total. The minimum atomic E-state index is 1.01. The van der Waals surface area contributed by atoms with E-state index < -0.39 is 0 Å². The molecule has 3 saturated heterocycles. The largest absolute Gasteiger partial charge is 0.162 e. The molecule has 0 aromatic rings. The van der Waals surface area contributed by atoms with E-state index in [-0.39, 0.29) is 0 Å². The number of hydrogen-bond donors (Lipinski definition) is 0. The second-order valence-electron chi connectivity index (χ2n) is 5.54. The number of rotatable bonds is 3. The van der Waals surface area contributed by atoms with Gasteiger partial charge in [0.2, 0.25) is 0 Å². The molecule has 3 atom stereocenters. The third kappa shape index (κ3) is 9.57. The van der Waals surface area contributed by atoms with Crippen LogP contribution in [0.1, 0.15) is 59.3 Å². The molecule has 0 amide bonds. The van der Waals surface area contributed by atoms with Crippen LogP contribution in [-0.2, 0) is 0 Å². The Morgan fingerprint density at radius 1 is 0.789 bits per heavy atom. The Morgan fingerprint density at radius 2 is 1.53 bits per heavy atom. The van der Waals surface area contributed by atoms with Gasteiger partial charge in [-0.25, -0.2) is 0 Å². The van der Waals surface area contributed by atoms with Gasteiger partial charge in [-0.2, -0.15) is 35.3 Å². The van der Waals surface area contributed by atoms with Gasteiger partial charge in [-0.1, -0.05) is 27.2 Å². The van der Waals surface area contributed by atoms with Crippen molar-refractivity contribution in [3.63, 3.8) is 0 Å². The van der Waals surface area contributed by atoms with E-state index in [1.54, 1.807) is 0 Å². The van der Waals surface area contributed by atoms with Crippen molar-refractivity contribution in [2.75, 3.05) is 23.0 Å². The molecule has 3 unspecified atom stereocenters. The van der Waals surface area contributed by atoms with Crippen molar-refractivity contribution in [3.05, 3.63) is 0 Å². The highest BCUT2D eigenvalue weighted by Gasteiger charge is 2.18. The van der Waals surface area contributed by atoms with Crippen molar-refractivity contribution in [2.24, 2.45) is 5.92 Å². The fraction of sp³-hybridized carbons (Fsp3) is 1.00. The van der Waals surface area contributed by atoms with Gasteiger partial charge < -0.3 is 0 Å². The van der Waals surface area contributed by atoms with Crippen molar-refractivity contribution in [3.8, 4) is 0 Å². The minimum Gasteiger partial charge on any atom is -0.162 e. The first-order chi connectivity index (χ1) is 9.30. The van der Waals surface area contributed by atoms with Crippen molar-refractivity contribution >= 4 is 35.3 Å². The summed E-state index contributed by atoms with van der Waals surface area (Å²) in [5.74, 6) is 6.74. The SMILES string of the molecule is CCC1CCCS1.CCC1CCSC1.CCC1CS1. The van der Waals surface area contributed by atoms with Crippen LogP contribution < -0.4 is 0 Å². The molecule has 3 aliphatic rings. The molecule has 0 bridgehead atoms. The molecule has 3 rings (SSSR count). The van der Waals surface area contributed by atoms with Crippen LogP contribution >= 0.6 is 35.3 Å². The molecule has 114 valence electrons. The van der Waals surface area contributed by atoms with E-state index in [1.807, 2.05) is 0 Å². The first kappa shape index (κ1) is 18.1. The molecule has 0 aliphatic carbocycles. The van der Waals surface area contributed by atoms with E-state index in [2.05, 4.69) is 56.1 Å². The summed E-state index contributed by atoms with van der Waals surface area (Å²) in [5.41, 5.74) is 0. The van der Waals surface area contributed by atoms with E-state index in [9.17, 15) is 0 Å². The van der Waals surface area contributed by atoms with Gasteiger partial charge in [0.05, 0.1) is 0 Å². The lowest BCUT2D eigenvalue weighted by atomic mass is 10.1. The standard InChI is InChI=1S/2C6H12S.C4H8S/c1-2-6-3-4-7-5-6;1-2-6-4-3-5-7-6;1-2-4-3-5-4/h2*6H,2-5H2,1H3;4H,2-3H2,1H3. The van der Waals surface area contributed by atoms with Gasteiger partial charge in [-0.15, -0.1) is 0 Å². The molecule has 0 aromatic heterocycles. The monoisotopic (exact) mass is 320 g/mol. The highest BCUT2D eigenvalue weighted by Crippen LogP contribution is 2.32. The molecular formula is C16H32S3. The summed E-state index contributed by atoms with van der Waals surface area (Å²) in [4.78, 5) is 0. The lowest BCUT2D eigenvalue weighted by Crippen LogP contribution is -1.92. The average molecular weight is 321 g/mol. The lowest BCUT2D eigenvalue weighted by Gasteiger charge is -1.99. The van der Waals surface area contributed by atoms with Crippen LogP contribution in [0.25, 0.3) is 0 Å². The molecule has 3 heteroatoms. The summed E-state index contributed by atoms with van der Waals surface area (Å²) >= 11 is 6.32. The van der Waals surface area contributed by atoms with Crippen molar-refractivity contribution in [1.82, 2.24) is 0 Å². The van der Waals surface area contributed by atoms with Gasteiger partial charge in [-0.05, 0) is 55.3 Å². The van der Waals surface area contributed by atoms with Gasteiger partial charge >= 0.3 is 0 Å². The van der Waals surface area contributed by atoms with Crippen LogP contribution in [0.2, 0.25) is 0 Å². The normalized spacial score (nSPS) is 32.1. The lowest BCUT2D eigenvalue weighted by molar-refractivity contribution is 0.578. The molecule has 3 heterocycles. The van der Waals surface area contributed by atoms with E-state index >= 15 is 0 Å². The molecular weight excluding hydrogens is 288 g/mol. The Kier molecular flexibility index (Phi) is 11.1. The molecule has 0 radical (unpaired) electrons. The molecule has 0 spiro atoms. The fourth-order valence-corrected chi connectivity index (χ4v) is 5.42. The van der Waals surface area contributed by atoms with Gasteiger partial charge in [0.1, 0.15) is 0 Å². The van der Waals surface area contributed by atoms with E-state index in [1.165, 1.54) is 61.5 Å². The molecule has 0 N–H and O–H groups in total. The van der Waals surface area contributed by atoms with E-state index in [0.717, 1.165) is 16.4 Å². The zero-order valence-electron chi connectivity index (χ0n) is 13.0. The van der Waals surface area contributed by atoms with Gasteiger partial charge in [-0.3, -0.25) is 0 Å². The number of hydrogen-bond acceptors (Lipinski definition) is 3. The molecule has 3 aliphatic heterocycles. The Hall–Kier alpha value is 1.05. The third-order valence-corrected chi connectivity index (χ3v) is 7.87. The Balaban J connectivity index is 0.000000145. The molecule has 0 aromatic carbocycles. The van der Waals surface area contributed by atoms with Crippen molar-refractivity contribution in [1.29, 1.82) is 0 Å². The summed E-state index contributed by atoms with van der Waals surface area (Å²) in [6, 6.07) is 0. The van der Waals surface area contributed by atoms with Gasteiger partial charge in [0.15, 0.2) is 0 Å². The predicted molar refractivity (Wildman–Crippen MR) is 98.0 cm³/mol. The molecule has 3 fully saturated rings. The van der Waals surface area contributed by atoms with Crippen LogP contribution in [0.15, 0.2) is 0 Å². The van der Waals surface area contributed by atoms with Crippen LogP contribution in [0.3, 0.4) is 0 Å². The van der Waals surface area contributed by atoms with Crippen LogP contribution in [0, 0.1) is 5.92 Å². The second-order valence-corrected chi connectivity index (χ2v) is 9.44. The Bertz CT molecular complexity index is 176. The third-order valence-electron chi connectivity index (χ3n) is 3.94. The van der Waals surface area contributed by atoms with Crippen molar-refractivity contribution in [2.45, 2.75) is 69.8 Å². The van der Waals surface area contributed by atoms with E-state index in [4.69, 9.17) is 0 Å². The second kappa shape index (κ2) is 11.7. The van der Waals surface area contributed by atoms with Crippen LogP contribution in [0.4, 0.5) is 0 Å². The summed E-state index contributed by atoms with van der Waals surface area (Å²) in [7, 11) is 0. The van der Waals surface area contributed by atoms with Gasteiger partial charge in [0.25, 0.3) is 0 Å². The van der Waals surface area contributed by atoms with Crippen LogP contribution in [-0.4, -0.2) is 33.5 Å². The van der Waals surface area contributed by atoms with Gasteiger partial charge in [0, 0.05) is 16.3 Å². The summed E-state index contributed by atoms with van der Waals surface area (Å²) in [6.45, 7) is 6.81. The summed E-state index contributed by atoms with van der Waals surface area (Å²) < 4.78 is 0. The quantitative estimate of drug-likeness (QED) is 0.589. The van der Waals surface area contributed by atoms with Crippen LogP contribution in [0.5, 0.6) is 0 Å². The number of thioether (sulfide) groups is 3. The maximum absolute atomic E-state index is 2.29. The fourth-order valence-electron chi connectivity index (χ4n) is 2.18. The predicted octanol–water partition coefficient (Wildman–Crippen LogP) is 5.95. The smallest absolute Gasteiger partial charge is 0.0136 e. The Labute approximate surface area is 134 Å². The maximum Gasteiger partial charge on any atom is 0.0136 e. The van der Waals surface area contributed by atoms with E-state index in [0.29, 0.717) is 0 Å². The molecule has 19 heavy (non-hydrogen) atoms. The summed E-state index contributed by atoms with van der Waals surface area (Å²) in [6.07, 6.45) is 8.56. The summed E-state index contributed by atoms with van der Waals surface area (Å²) in [5, 5.41) is 2.06. The zero-order chi connectivity index (χ0) is 13.9. The maximum atomic E-state index is 2.29. The minimum absolute atomic E-state index is 1.01. The first-order valence-corrected chi connectivity index (χ1v) is 11.4. The highest BCUT2D eigenvalue weighted by atomic mass is 32.2. The van der Waals surface area contributed by atoms with Crippen molar-refractivity contribution < 1.29 is 0 Å². The topological polar surface area (TPSA) is 0 Å².